The minimum atomic E-state index is -0.582. The minimum absolute atomic E-state index is 0. The Labute approximate surface area is 185 Å². The molecule has 7 nitrogen and oxygen atoms in total. The van der Waals surface area contributed by atoms with Crippen LogP contribution >= 0.6 is 35.3 Å². The van der Waals surface area contributed by atoms with Crippen LogP contribution in [-0.4, -0.2) is 39.4 Å². The van der Waals surface area contributed by atoms with Crippen LogP contribution in [0.15, 0.2) is 35.3 Å². The molecular formula is C19H25IN6OS. The molecule has 9 heteroatoms. The second kappa shape index (κ2) is 9.66. The van der Waals surface area contributed by atoms with Crippen LogP contribution in [0.25, 0.3) is 10.1 Å². The summed E-state index contributed by atoms with van der Waals surface area (Å²) in [5.74, 6) is 2.64. The summed E-state index contributed by atoms with van der Waals surface area (Å²) in [4.78, 5) is 5.19. The summed E-state index contributed by atoms with van der Waals surface area (Å²) in [6.07, 6.45) is 2.78. The number of aromatic nitrogens is 3. The third kappa shape index (κ3) is 4.64. The van der Waals surface area contributed by atoms with E-state index >= 15 is 0 Å². The second-order valence-electron chi connectivity index (χ2n) is 6.65. The van der Waals surface area contributed by atoms with Crippen molar-refractivity contribution in [1.82, 2.24) is 25.4 Å². The highest BCUT2D eigenvalue weighted by Crippen LogP contribution is 2.29. The lowest BCUT2D eigenvalue weighted by Gasteiger charge is -2.17. The zero-order chi connectivity index (χ0) is 18.6. The molecule has 0 bridgehead atoms. The SMILES string of the molecule is CN=C(NCc1nnc2n1CCCC2)NCC(O)c1cc2ccccc2s1.I. The van der Waals surface area contributed by atoms with E-state index in [9.17, 15) is 5.11 Å². The van der Waals surface area contributed by atoms with E-state index in [0.29, 0.717) is 19.0 Å². The molecule has 3 aromatic rings. The summed E-state index contributed by atoms with van der Waals surface area (Å²) in [5.41, 5.74) is 0. The molecule has 0 saturated heterocycles. The smallest absolute Gasteiger partial charge is 0.191 e. The lowest BCUT2D eigenvalue weighted by atomic mass is 10.2. The lowest BCUT2D eigenvalue weighted by molar-refractivity contribution is 0.184. The Morgan fingerprint density at radius 3 is 2.96 bits per heavy atom. The van der Waals surface area contributed by atoms with Crippen molar-refractivity contribution in [1.29, 1.82) is 0 Å². The van der Waals surface area contributed by atoms with Gasteiger partial charge in [-0.2, -0.15) is 0 Å². The molecule has 0 radical (unpaired) electrons. The van der Waals surface area contributed by atoms with E-state index in [4.69, 9.17) is 0 Å². The quantitative estimate of drug-likeness (QED) is 0.278. The van der Waals surface area contributed by atoms with Crippen LogP contribution < -0.4 is 10.6 Å². The minimum Gasteiger partial charge on any atom is -0.386 e. The molecule has 0 aliphatic carbocycles. The standard InChI is InChI=1S/C19H24N6OS.HI/c1-20-19(22-12-18-24-23-17-8-4-5-9-25(17)18)21-11-14(26)16-10-13-6-2-3-7-15(13)27-16;/h2-3,6-7,10,14,26H,4-5,8-9,11-12H2,1H3,(H2,20,21,22);1H. The number of thiophene rings is 1. The van der Waals surface area contributed by atoms with Crippen LogP contribution in [0.5, 0.6) is 0 Å². The number of nitrogens with one attached hydrogen (secondary N) is 2. The Kier molecular flexibility index (Phi) is 7.24. The molecule has 28 heavy (non-hydrogen) atoms. The van der Waals surface area contributed by atoms with Gasteiger partial charge in [-0.15, -0.1) is 45.5 Å². The van der Waals surface area contributed by atoms with Gasteiger partial charge in [-0.3, -0.25) is 4.99 Å². The largest absolute Gasteiger partial charge is 0.386 e. The Balaban J connectivity index is 0.00000225. The van der Waals surface area contributed by atoms with Gasteiger partial charge in [0, 0.05) is 36.1 Å². The molecule has 0 fully saturated rings. The number of rotatable bonds is 5. The van der Waals surface area contributed by atoms with Crippen molar-refractivity contribution in [2.45, 2.75) is 38.5 Å². The molecule has 1 unspecified atom stereocenters. The van der Waals surface area contributed by atoms with Crippen molar-refractivity contribution < 1.29 is 5.11 Å². The normalized spacial score (nSPS) is 15.0. The van der Waals surface area contributed by atoms with Gasteiger partial charge in [-0.05, 0) is 30.4 Å². The van der Waals surface area contributed by atoms with E-state index in [1.165, 1.54) is 17.5 Å². The van der Waals surface area contributed by atoms with Gasteiger partial charge in [0.1, 0.15) is 11.9 Å². The lowest BCUT2D eigenvalue weighted by Crippen LogP contribution is -2.39. The third-order valence-corrected chi connectivity index (χ3v) is 6.03. The van der Waals surface area contributed by atoms with Gasteiger partial charge in [0.2, 0.25) is 0 Å². The number of aliphatic hydroxyl groups excluding tert-OH is 1. The van der Waals surface area contributed by atoms with Crippen molar-refractivity contribution in [3.05, 3.63) is 46.9 Å². The number of fused-ring (bicyclic) bond motifs is 2. The third-order valence-electron chi connectivity index (χ3n) is 4.81. The van der Waals surface area contributed by atoms with Gasteiger partial charge in [-0.1, -0.05) is 18.2 Å². The number of aliphatic hydroxyl groups is 1. The van der Waals surface area contributed by atoms with Crippen molar-refractivity contribution in [3.63, 3.8) is 0 Å². The van der Waals surface area contributed by atoms with Crippen molar-refractivity contribution >= 4 is 51.4 Å². The first-order valence-electron chi connectivity index (χ1n) is 9.26. The Hall–Kier alpha value is -1.72. The zero-order valence-corrected chi connectivity index (χ0v) is 18.9. The van der Waals surface area contributed by atoms with Crippen LogP contribution in [0.3, 0.4) is 0 Å². The average Bonchev–Trinajstić information content (AvgIpc) is 3.32. The Morgan fingerprint density at radius 2 is 2.14 bits per heavy atom. The second-order valence-corrected chi connectivity index (χ2v) is 7.77. The van der Waals surface area contributed by atoms with E-state index < -0.39 is 6.10 Å². The van der Waals surface area contributed by atoms with Gasteiger partial charge < -0.3 is 20.3 Å². The molecule has 1 aliphatic heterocycles. The summed E-state index contributed by atoms with van der Waals surface area (Å²) in [5, 5.41) is 26.7. The van der Waals surface area contributed by atoms with Crippen LogP contribution in [-0.2, 0) is 19.5 Å². The molecule has 0 saturated carbocycles. The van der Waals surface area contributed by atoms with E-state index in [1.54, 1.807) is 18.4 Å². The maximum Gasteiger partial charge on any atom is 0.191 e. The molecule has 0 spiro atoms. The number of hydrogen-bond acceptors (Lipinski definition) is 5. The highest BCUT2D eigenvalue weighted by atomic mass is 127. The fourth-order valence-electron chi connectivity index (χ4n) is 3.34. The first-order valence-corrected chi connectivity index (χ1v) is 10.1. The average molecular weight is 512 g/mol. The molecule has 0 amide bonds. The molecule has 4 rings (SSSR count). The fraction of sp³-hybridized carbons (Fsp3) is 0.421. The predicted molar refractivity (Wildman–Crippen MR) is 123 cm³/mol. The van der Waals surface area contributed by atoms with Crippen LogP contribution in [0, 0.1) is 0 Å². The molecule has 2 aromatic heterocycles. The maximum absolute atomic E-state index is 10.5. The fourth-order valence-corrected chi connectivity index (χ4v) is 4.39. The van der Waals surface area contributed by atoms with Gasteiger partial charge in [0.25, 0.3) is 0 Å². The highest BCUT2D eigenvalue weighted by Gasteiger charge is 2.16. The van der Waals surface area contributed by atoms with Gasteiger partial charge >= 0.3 is 0 Å². The molecule has 3 heterocycles. The summed E-state index contributed by atoms with van der Waals surface area (Å²) in [7, 11) is 1.72. The van der Waals surface area contributed by atoms with Crippen molar-refractivity contribution in [2.24, 2.45) is 4.99 Å². The van der Waals surface area contributed by atoms with Crippen LogP contribution in [0.1, 0.15) is 35.5 Å². The highest BCUT2D eigenvalue weighted by molar-refractivity contribution is 14.0. The summed E-state index contributed by atoms with van der Waals surface area (Å²) >= 11 is 1.62. The van der Waals surface area contributed by atoms with Crippen molar-refractivity contribution in [3.8, 4) is 0 Å². The maximum atomic E-state index is 10.5. The summed E-state index contributed by atoms with van der Waals surface area (Å²) < 4.78 is 3.38. The van der Waals surface area contributed by atoms with E-state index in [0.717, 1.165) is 34.9 Å². The number of benzene rings is 1. The van der Waals surface area contributed by atoms with Crippen molar-refractivity contribution in [2.75, 3.05) is 13.6 Å². The number of aryl methyl sites for hydroxylation is 1. The zero-order valence-electron chi connectivity index (χ0n) is 15.8. The number of hydrogen-bond donors (Lipinski definition) is 3. The van der Waals surface area contributed by atoms with Gasteiger partial charge in [-0.25, -0.2) is 0 Å². The van der Waals surface area contributed by atoms with E-state index in [1.807, 2.05) is 18.2 Å². The van der Waals surface area contributed by atoms with E-state index in [-0.39, 0.29) is 24.0 Å². The van der Waals surface area contributed by atoms with Gasteiger partial charge in [0.05, 0.1) is 6.54 Å². The first kappa shape index (κ1) is 21.0. The first-order chi connectivity index (χ1) is 13.2. The molecule has 1 aliphatic rings. The number of halogens is 1. The monoisotopic (exact) mass is 512 g/mol. The van der Waals surface area contributed by atoms with Crippen LogP contribution in [0.2, 0.25) is 0 Å². The van der Waals surface area contributed by atoms with Crippen LogP contribution in [0.4, 0.5) is 0 Å². The summed E-state index contributed by atoms with van der Waals surface area (Å²) in [6.45, 7) is 1.94. The predicted octanol–water partition coefficient (Wildman–Crippen LogP) is 2.85. The Bertz CT molecular complexity index is 920. The van der Waals surface area contributed by atoms with Gasteiger partial charge in [0.15, 0.2) is 11.8 Å². The molecule has 3 N–H and O–H groups in total. The molecule has 1 atom stereocenters. The Morgan fingerprint density at radius 1 is 1.29 bits per heavy atom. The molecule has 150 valence electrons. The number of nitrogens with zero attached hydrogens (tertiary/aromatic N) is 4. The molecule has 1 aromatic carbocycles. The van der Waals surface area contributed by atoms with E-state index in [2.05, 4.69) is 42.5 Å². The topological polar surface area (TPSA) is 87.4 Å². The number of aliphatic imine (C=N–C) groups is 1. The number of guanidine groups is 1. The molecular weight excluding hydrogens is 487 g/mol. The summed E-state index contributed by atoms with van der Waals surface area (Å²) in [6, 6.07) is 10.2.